The summed E-state index contributed by atoms with van der Waals surface area (Å²) in [7, 11) is 0. The van der Waals surface area contributed by atoms with Crippen molar-refractivity contribution in [3.63, 3.8) is 0 Å². The minimum Gasteiger partial charge on any atom is -0.312 e. The Bertz CT molecular complexity index is 210. The predicted octanol–water partition coefficient (Wildman–Crippen LogP) is 3.52. The monoisotopic (exact) mass is 254 g/mol. The summed E-state index contributed by atoms with van der Waals surface area (Å²) < 4.78 is 0. The van der Waals surface area contributed by atoms with Crippen LogP contribution in [0.5, 0.6) is 0 Å². The lowest BCUT2D eigenvalue weighted by Crippen LogP contribution is -2.39. The molecule has 1 aliphatic rings. The zero-order chi connectivity index (χ0) is 13.6. The minimum absolute atomic E-state index is 0.276. The molecule has 1 heterocycles. The normalized spacial score (nSPS) is 26.5. The van der Waals surface area contributed by atoms with Crippen LogP contribution in [0, 0.1) is 11.8 Å². The molecule has 2 unspecified atom stereocenters. The summed E-state index contributed by atoms with van der Waals surface area (Å²) in [6.45, 7) is 16.6. The van der Waals surface area contributed by atoms with Crippen molar-refractivity contribution in [1.29, 1.82) is 0 Å². The number of piperidine rings is 1. The smallest absolute Gasteiger partial charge is 0.00965 e. The van der Waals surface area contributed by atoms with E-state index in [-0.39, 0.29) is 5.54 Å². The van der Waals surface area contributed by atoms with Crippen LogP contribution in [0.2, 0.25) is 0 Å². The molecular weight excluding hydrogens is 220 g/mol. The van der Waals surface area contributed by atoms with Gasteiger partial charge in [0.1, 0.15) is 0 Å². The molecular formula is C16H34N2. The van der Waals surface area contributed by atoms with Gasteiger partial charge in [0.25, 0.3) is 0 Å². The topological polar surface area (TPSA) is 15.3 Å². The molecule has 0 bridgehead atoms. The van der Waals surface area contributed by atoms with Gasteiger partial charge in [0, 0.05) is 18.6 Å². The van der Waals surface area contributed by atoms with Crippen molar-refractivity contribution >= 4 is 0 Å². The first-order valence-corrected chi connectivity index (χ1v) is 7.84. The third-order valence-corrected chi connectivity index (χ3v) is 3.75. The fourth-order valence-electron chi connectivity index (χ4n) is 3.08. The first kappa shape index (κ1) is 16.0. The minimum atomic E-state index is 0.276. The highest BCUT2D eigenvalue weighted by Crippen LogP contribution is 2.21. The van der Waals surface area contributed by atoms with Crippen LogP contribution in [0.15, 0.2) is 0 Å². The van der Waals surface area contributed by atoms with Gasteiger partial charge in [-0.05, 0) is 65.0 Å². The molecule has 0 radical (unpaired) electrons. The van der Waals surface area contributed by atoms with E-state index in [1.807, 2.05) is 0 Å². The number of nitrogens with one attached hydrogen (secondary N) is 1. The quantitative estimate of drug-likeness (QED) is 0.730. The van der Waals surface area contributed by atoms with E-state index in [1.165, 1.54) is 45.3 Å². The van der Waals surface area contributed by atoms with E-state index in [0.29, 0.717) is 0 Å². The van der Waals surface area contributed by atoms with Crippen molar-refractivity contribution in [3.05, 3.63) is 0 Å². The summed E-state index contributed by atoms with van der Waals surface area (Å²) in [6.07, 6.45) is 5.47. The summed E-state index contributed by atoms with van der Waals surface area (Å²) in [5, 5.41) is 3.56. The standard InChI is InChI=1S/C16H34N2/c1-14-11-15(2)13-18(12-14)10-8-6-7-9-17-16(3,4)5/h14-15,17H,6-13H2,1-5H3. The highest BCUT2D eigenvalue weighted by atomic mass is 15.1. The molecule has 0 aliphatic carbocycles. The second-order valence-corrected chi connectivity index (χ2v) is 7.44. The summed E-state index contributed by atoms with van der Waals surface area (Å²) in [5.41, 5.74) is 0.276. The molecule has 1 saturated heterocycles. The highest BCUT2D eigenvalue weighted by Gasteiger charge is 2.20. The summed E-state index contributed by atoms with van der Waals surface area (Å²) in [5.74, 6) is 1.80. The Balaban J connectivity index is 2.01. The van der Waals surface area contributed by atoms with E-state index in [0.717, 1.165) is 18.4 Å². The number of likely N-dealkylation sites (tertiary alicyclic amines) is 1. The fraction of sp³-hybridized carbons (Fsp3) is 1.00. The molecule has 18 heavy (non-hydrogen) atoms. The lowest BCUT2D eigenvalue weighted by atomic mass is 9.92. The van der Waals surface area contributed by atoms with Crippen LogP contribution in [0.1, 0.15) is 60.3 Å². The third kappa shape index (κ3) is 7.38. The van der Waals surface area contributed by atoms with Gasteiger partial charge >= 0.3 is 0 Å². The lowest BCUT2D eigenvalue weighted by Gasteiger charge is -2.35. The molecule has 108 valence electrons. The maximum atomic E-state index is 3.56. The molecule has 1 N–H and O–H groups in total. The molecule has 0 amide bonds. The van der Waals surface area contributed by atoms with Gasteiger partial charge in [-0.15, -0.1) is 0 Å². The van der Waals surface area contributed by atoms with E-state index >= 15 is 0 Å². The molecule has 2 heteroatoms. The molecule has 1 aliphatic heterocycles. The Morgan fingerprint density at radius 1 is 1.00 bits per heavy atom. The van der Waals surface area contributed by atoms with Crippen molar-refractivity contribution in [2.24, 2.45) is 11.8 Å². The molecule has 1 fully saturated rings. The average Bonchev–Trinajstić information content (AvgIpc) is 2.20. The second-order valence-electron chi connectivity index (χ2n) is 7.44. The van der Waals surface area contributed by atoms with Gasteiger partial charge in [-0.1, -0.05) is 20.3 Å². The van der Waals surface area contributed by atoms with E-state index in [9.17, 15) is 0 Å². The Morgan fingerprint density at radius 2 is 1.61 bits per heavy atom. The van der Waals surface area contributed by atoms with Crippen LogP contribution < -0.4 is 5.32 Å². The van der Waals surface area contributed by atoms with Crippen LogP contribution in [0.3, 0.4) is 0 Å². The Morgan fingerprint density at radius 3 is 2.17 bits per heavy atom. The van der Waals surface area contributed by atoms with Crippen molar-refractivity contribution in [3.8, 4) is 0 Å². The van der Waals surface area contributed by atoms with E-state index in [1.54, 1.807) is 0 Å². The molecule has 0 saturated carbocycles. The number of rotatable bonds is 6. The largest absolute Gasteiger partial charge is 0.312 e. The van der Waals surface area contributed by atoms with Gasteiger partial charge < -0.3 is 10.2 Å². The van der Waals surface area contributed by atoms with E-state index in [4.69, 9.17) is 0 Å². The number of hydrogen-bond donors (Lipinski definition) is 1. The third-order valence-electron chi connectivity index (χ3n) is 3.75. The highest BCUT2D eigenvalue weighted by molar-refractivity contribution is 4.74. The van der Waals surface area contributed by atoms with Gasteiger partial charge in [-0.3, -0.25) is 0 Å². The van der Waals surface area contributed by atoms with Crippen LogP contribution >= 0.6 is 0 Å². The number of hydrogen-bond acceptors (Lipinski definition) is 2. The molecule has 0 aromatic rings. The van der Waals surface area contributed by atoms with Crippen molar-refractivity contribution in [2.45, 2.75) is 65.8 Å². The van der Waals surface area contributed by atoms with Crippen molar-refractivity contribution in [1.82, 2.24) is 10.2 Å². The van der Waals surface area contributed by atoms with Crippen LogP contribution in [-0.4, -0.2) is 36.6 Å². The maximum absolute atomic E-state index is 3.56. The van der Waals surface area contributed by atoms with Gasteiger partial charge in [0.15, 0.2) is 0 Å². The average molecular weight is 254 g/mol. The fourth-order valence-corrected chi connectivity index (χ4v) is 3.08. The maximum Gasteiger partial charge on any atom is 0.00965 e. The van der Waals surface area contributed by atoms with Crippen molar-refractivity contribution < 1.29 is 0 Å². The summed E-state index contributed by atoms with van der Waals surface area (Å²) in [6, 6.07) is 0. The number of nitrogens with zero attached hydrogens (tertiary/aromatic N) is 1. The summed E-state index contributed by atoms with van der Waals surface area (Å²) in [4.78, 5) is 2.68. The van der Waals surface area contributed by atoms with Crippen molar-refractivity contribution in [2.75, 3.05) is 26.2 Å². The molecule has 0 spiro atoms. The first-order chi connectivity index (χ1) is 8.37. The Labute approximate surface area is 115 Å². The second kappa shape index (κ2) is 7.49. The van der Waals surface area contributed by atoms with Crippen LogP contribution in [0.25, 0.3) is 0 Å². The van der Waals surface area contributed by atoms with E-state index < -0.39 is 0 Å². The Hall–Kier alpha value is -0.0800. The summed E-state index contributed by atoms with van der Waals surface area (Å²) >= 11 is 0. The van der Waals surface area contributed by atoms with Gasteiger partial charge in [-0.25, -0.2) is 0 Å². The predicted molar refractivity (Wildman–Crippen MR) is 81.0 cm³/mol. The lowest BCUT2D eigenvalue weighted by molar-refractivity contribution is 0.138. The SMILES string of the molecule is CC1CC(C)CN(CCCCCNC(C)(C)C)C1. The molecule has 0 aromatic heterocycles. The van der Waals surface area contributed by atoms with Gasteiger partial charge in [0.05, 0.1) is 0 Å². The zero-order valence-electron chi connectivity index (χ0n) is 13.3. The molecule has 0 aromatic carbocycles. The molecule has 2 atom stereocenters. The van der Waals surface area contributed by atoms with Crippen LogP contribution in [-0.2, 0) is 0 Å². The van der Waals surface area contributed by atoms with E-state index in [2.05, 4.69) is 44.8 Å². The van der Waals surface area contributed by atoms with Crippen LogP contribution in [0.4, 0.5) is 0 Å². The van der Waals surface area contributed by atoms with Gasteiger partial charge in [-0.2, -0.15) is 0 Å². The Kier molecular flexibility index (Phi) is 6.65. The first-order valence-electron chi connectivity index (χ1n) is 7.84. The molecule has 2 nitrogen and oxygen atoms in total. The zero-order valence-corrected chi connectivity index (χ0v) is 13.3. The van der Waals surface area contributed by atoms with Gasteiger partial charge in [0.2, 0.25) is 0 Å². The molecule has 1 rings (SSSR count). The number of unbranched alkanes of at least 4 members (excludes halogenated alkanes) is 2.